The molecule has 0 bridgehead atoms. The molecule has 10 heavy (non-hydrogen) atoms. The van der Waals surface area contributed by atoms with E-state index in [9.17, 15) is 0 Å². The molecule has 0 aliphatic rings. The van der Waals surface area contributed by atoms with Gasteiger partial charge in [0.05, 0.1) is 9.48 Å². The minimum absolute atomic E-state index is 0.648. The van der Waals surface area contributed by atoms with Crippen molar-refractivity contribution in [3.8, 4) is 0 Å². The number of nitrogens with zero attached hydrogens (tertiary/aromatic N) is 1. The Balaban J connectivity index is 2.81. The minimum Gasteiger partial charge on any atom is -0.375 e. The van der Waals surface area contributed by atoms with Crippen LogP contribution in [-0.2, 0) is 6.42 Å². The lowest BCUT2D eigenvalue weighted by molar-refractivity contribution is 0.890. The van der Waals surface area contributed by atoms with Crippen molar-refractivity contribution in [1.82, 2.24) is 4.98 Å². The van der Waals surface area contributed by atoms with Crippen LogP contribution < -0.4 is 5.73 Å². The first kappa shape index (κ1) is 8.01. The van der Waals surface area contributed by atoms with Gasteiger partial charge in [-0.15, -0.1) is 0 Å². The van der Waals surface area contributed by atoms with E-state index in [2.05, 4.69) is 27.8 Å². The first-order chi connectivity index (χ1) is 4.74. The van der Waals surface area contributed by atoms with Crippen LogP contribution in [0.5, 0.6) is 0 Å². The fraction of sp³-hybridized carbons (Fsp3) is 0.500. The third-order valence-electron chi connectivity index (χ3n) is 1.15. The minimum atomic E-state index is 0.648. The summed E-state index contributed by atoms with van der Waals surface area (Å²) in [5.74, 6) is 0. The van der Waals surface area contributed by atoms with Crippen molar-refractivity contribution in [2.75, 3.05) is 5.73 Å². The molecule has 4 heteroatoms. The van der Waals surface area contributed by atoms with Crippen molar-refractivity contribution >= 4 is 32.4 Å². The molecule has 2 N–H and O–H groups in total. The summed E-state index contributed by atoms with van der Waals surface area (Å²) >= 11 is 4.89. The molecule has 2 nitrogen and oxygen atoms in total. The number of nitrogens with two attached hydrogens (primary N) is 1. The van der Waals surface area contributed by atoms with Gasteiger partial charge in [-0.25, -0.2) is 4.98 Å². The zero-order chi connectivity index (χ0) is 7.56. The van der Waals surface area contributed by atoms with Crippen molar-refractivity contribution in [3.63, 3.8) is 0 Å². The average molecular weight is 221 g/mol. The predicted octanol–water partition coefficient (Wildman–Crippen LogP) is 2.44. The molecule has 0 radical (unpaired) electrons. The molecule has 0 saturated heterocycles. The largest absolute Gasteiger partial charge is 0.375 e. The Hall–Kier alpha value is -0.0900. The van der Waals surface area contributed by atoms with E-state index >= 15 is 0 Å². The van der Waals surface area contributed by atoms with Gasteiger partial charge in [0, 0.05) is 0 Å². The fourth-order valence-electron chi connectivity index (χ4n) is 0.741. The van der Waals surface area contributed by atoms with E-state index in [0.29, 0.717) is 5.13 Å². The smallest absolute Gasteiger partial charge is 0.181 e. The molecule has 1 heterocycles. The standard InChI is InChI=1S/C6H9BrN2S/c1-2-3-4-5(7)10-6(8)9-4/h2-3H2,1H3,(H2,8,9). The Morgan fingerprint density at radius 2 is 2.40 bits per heavy atom. The van der Waals surface area contributed by atoms with Gasteiger partial charge in [0.25, 0.3) is 0 Å². The first-order valence-electron chi connectivity index (χ1n) is 3.14. The molecule has 0 unspecified atom stereocenters. The number of halogens is 1. The lowest BCUT2D eigenvalue weighted by atomic mass is 10.3. The van der Waals surface area contributed by atoms with Gasteiger partial charge in [-0.3, -0.25) is 0 Å². The summed E-state index contributed by atoms with van der Waals surface area (Å²) in [6, 6.07) is 0. The first-order valence-corrected chi connectivity index (χ1v) is 4.75. The topological polar surface area (TPSA) is 38.9 Å². The number of thiazole rings is 1. The van der Waals surface area contributed by atoms with Crippen molar-refractivity contribution < 1.29 is 0 Å². The van der Waals surface area contributed by atoms with Crippen molar-refractivity contribution in [3.05, 3.63) is 9.48 Å². The molecule has 56 valence electrons. The van der Waals surface area contributed by atoms with E-state index in [1.165, 1.54) is 11.3 Å². The molecule has 0 amide bonds. The second kappa shape index (κ2) is 3.34. The third kappa shape index (κ3) is 1.70. The number of aromatic nitrogens is 1. The number of anilines is 1. The van der Waals surface area contributed by atoms with Crippen molar-refractivity contribution in [2.24, 2.45) is 0 Å². The highest BCUT2D eigenvalue weighted by Crippen LogP contribution is 2.26. The molecule has 0 atom stereocenters. The summed E-state index contributed by atoms with van der Waals surface area (Å²) in [6.45, 7) is 2.13. The average Bonchev–Trinajstić information content (AvgIpc) is 2.13. The molecule has 0 saturated carbocycles. The summed E-state index contributed by atoms with van der Waals surface area (Å²) in [5, 5.41) is 0.648. The highest BCUT2D eigenvalue weighted by atomic mass is 79.9. The Bertz CT molecular complexity index is 222. The second-order valence-corrected chi connectivity index (χ2v) is 4.37. The van der Waals surface area contributed by atoms with Crippen LogP contribution in [0.15, 0.2) is 3.79 Å². The molecule has 1 aromatic heterocycles. The van der Waals surface area contributed by atoms with Crippen LogP contribution in [0.4, 0.5) is 5.13 Å². The number of nitrogen functional groups attached to an aromatic ring is 1. The normalized spacial score (nSPS) is 10.2. The van der Waals surface area contributed by atoms with Crippen LogP contribution in [0.3, 0.4) is 0 Å². The van der Waals surface area contributed by atoms with Crippen molar-refractivity contribution in [2.45, 2.75) is 19.8 Å². The maximum atomic E-state index is 5.49. The fourth-order valence-corrected chi connectivity index (χ4v) is 2.13. The molecule has 0 aliphatic heterocycles. The predicted molar refractivity (Wildman–Crippen MR) is 48.2 cm³/mol. The Morgan fingerprint density at radius 3 is 2.80 bits per heavy atom. The van der Waals surface area contributed by atoms with Crippen LogP contribution in [-0.4, -0.2) is 4.98 Å². The Labute approximate surface area is 72.6 Å². The zero-order valence-corrected chi connectivity index (χ0v) is 8.13. The lowest BCUT2D eigenvalue weighted by Crippen LogP contribution is -1.86. The van der Waals surface area contributed by atoms with Gasteiger partial charge in [0.2, 0.25) is 0 Å². The van der Waals surface area contributed by atoms with Gasteiger partial charge in [0.15, 0.2) is 5.13 Å². The Kier molecular flexibility index (Phi) is 2.68. The molecular weight excluding hydrogens is 212 g/mol. The number of hydrogen-bond acceptors (Lipinski definition) is 3. The van der Waals surface area contributed by atoms with E-state index in [4.69, 9.17) is 5.73 Å². The molecule has 0 aliphatic carbocycles. The monoisotopic (exact) mass is 220 g/mol. The number of aryl methyl sites for hydroxylation is 1. The van der Waals surface area contributed by atoms with Gasteiger partial charge < -0.3 is 5.73 Å². The summed E-state index contributed by atoms with van der Waals surface area (Å²) in [5.41, 5.74) is 6.58. The maximum Gasteiger partial charge on any atom is 0.181 e. The zero-order valence-electron chi connectivity index (χ0n) is 5.72. The number of rotatable bonds is 2. The molecular formula is C6H9BrN2S. The molecule has 1 aromatic rings. The molecule has 0 spiro atoms. The van der Waals surface area contributed by atoms with Crippen molar-refractivity contribution in [1.29, 1.82) is 0 Å². The highest BCUT2D eigenvalue weighted by Gasteiger charge is 2.03. The summed E-state index contributed by atoms with van der Waals surface area (Å²) in [7, 11) is 0. The van der Waals surface area contributed by atoms with E-state index < -0.39 is 0 Å². The quantitative estimate of drug-likeness (QED) is 0.832. The Morgan fingerprint density at radius 1 is 1.70 bits per heavy atom. The molecule has 0 aromatic carbocycles. The third-order valence-corrected chi connectivity index (χ3v) is 2.81. The molecule has 0 fully saturated rings. The molecule has 1 rings (SSSR count). The number of hydrogen-bond donors (Lipinski definition) is 1. The SMILES string of the molecule is CCCc1nc(N)sc1Br. The summed E-state index contributed by atoms with van der Waals surface area (Å²) < 4.78 is 1.08. The van der Waals surface area contributed by atoms with E-state index in [-0.39, 0.29) is 0 Å². The van der Waals surface area contributed by atoms with E-state index in [0.717, 1.165) is 22.3 Å². The van der Waals surface area contributed by atoms with Gasteiger partial charge in [0.1, 0.15) is 0 Å². The van der Waals surface area contributed by atoms with Crippen LogP contribution in [0, 0.1) is 0 Å². The lowest BCUT2D eigenvalue weighted by Gasteiger charge is -1.89. The van der Waals surface area contributed by atoms with E-state index in [1.54, 1.807) is 0 Å². The van der Waals surface area contributed by atoms with Gasteiger partial charge in [-0.1, -0.05) is 24.7 Å². The maximum absolute atomic E-state index is 5.49. The summed E-state index contributed by atoms with van der Waals surface area (Å²) in [4.78, 5) is 4.15. The van der Waals surface area contributed by atoms with Crippen LogP contribution in [0.2, 0.25) is 0 Å². The van der Waals surface area contributed by atoms with Crippen LogP contribution in [0.25, 0.3) is 0 Å². The van der Waals surface area contributed by atoms with Gasteiger partial charge >= 0.3 is 0 Å². The van der Waals surface area contributed by atoms with Crippen LogP contribution in [0.1, 0.15) is 19.0 Å². The van der Waals surface area contributed by atoms with Gasteiger partial charge in [-0.2, -0.15) is 0 Å². The second-order valence-electron chi connectivity index (χ2n) is 2.02. The van der Waals surface area contributed by atoms with E-state index in [1.807, 2.05) is 0 Å². The highest BCUT2D eigenvalue weighted by molar-refractivity contribution is 9.11. The van der Waals surface area contributed by atoms with Crippen LogP contribution >= 0.6 is 27.3 Å². The summed E-state index contributed by atoms with van der Waals surface area (Å²) in [6.07, 6.45) is 2.12. The van der Waals surface area contributed by atoms with Gasteiger partial charge in [-0.05, 0) is 22.4 Å².